The van der Waals surface area contributed by atoms with Crippen molar-refractivity contribution >= 4 is 17.5 Å². The lowest BCUT2D eigenvalue weighted by Crippen LogP contribution is -2.47. The second-order valence-electron chi connectivity index (χ2n) is 7.11. The molecule has 8 nitrogen and oxygen atoms in total. The van der Waals surface area contributed by atoms with Gasteiger partial charge in [0.05, 0.1) is 19.9 Å². The fourth-order valence-corrected chi connectivity index (χ4v) is 3.69. The van der Waals surface area contributed by atoms with Gasteiger partial charge in [0.25, 0.3) is 0 Å². The van der Waals surface area contributed by atoms with E-state index in [1.165, 1.54) is 6.20 Å². The van der Waals surface area contributed by atoms with E-state index in [0.29, 0.717) is 24.7 Å². The van der Waals surface area contributed by atoms with Crippen molar-refractivity contribution in [2.75, 3.05) is 50.2 Å². The Bertz CT molecular complexity index is 1060. The van der Waals surface area contributed by atoms with Gasteiger partial charge in [-0.2, -0.15) is 0 Å². The molecule has 160 valence electrons. The minimum absolute atomic E-state index is 0.100. The Morgan fingerprint density at radius 3 is 2.26 bits per heavy atom. The maximum atomic E-state index is 11.8. The predicted molar refractivity (Wildman–Crippen MR) is 118 cm³/mol. The molecule has 0 saturated carbocycles. The van der Waals surface area contributed by atoms with Crippen LogP contribution in [0, 0.1) is 0 Å². The third-order valence-electron chi connectivity index (χ3n) is 5.35. The average molecular weight is 420 g/mol. The molecule has 0 amide bonds. The predicted octanol–water partition coefficient (Wildman–Crippen LogP) is 3.19. The van der Waals surface area contributed by atoms with Gasteiger partial charge < -0.3 is 24.4 Å². The highest BCUT2D eigenvalue weighted by Crippen LogP contribution is 2.30. The first-order valence-corrected chi connectivity index (χ1v) is 9.98. The smallest absolute Gasteiger partial charge is 0.341 e. The van der Waals surface area contributed by atoms with Crippen LogP contribution in [-0.2, 0) is 0 Å². The molecule has 1 saturated heterocycles. The number of aromatic carboxylic acids is 1. The summed E-state index contributed by atoms with van der Waals surface area (Å²) in [6.07, 6.45) is 1.39. The summed E-state index contributed by atoms with van der Waals surface area (Å²) in [5, 5.41) is 9.67. The number of hydrogen-bond acceptors (Lipinski definition) is 7. The Labute approximate surface area is 180 Å². The molecule has 0 bridgehead atoms. The van der Waals surface area contributed by atoms with Crippen molar-refractivity contribution in [2.45, 2.75) is 0 Å². The molecule has 1 aliphatic heterocycles. The summed E-state index contributed by atoms with van der Waals surface area (Å²) in [7, 11) is 3.27. The highest BCUT2D eigenvalue weighted by atomic mass is 16.5. The van der Waals surface area contributed by atoms with Gasteiger partial charge in [-0.05, 0) is 36.4 Å². The highest BCUT2D eigenvalue weighted by molar-refractivity contribution is 5.93. The summed E-state index contributed by atoms with van der Waals surface area (Å²) in [6.45, 7) is 2.72. The number of nitrogens with zero attached hydrogens (tertiary/aromatic N) is 4. The molecule has 2 aromatic carbocycles. The second kappa shape index (κ2) is 8.91. The van der Waals surface area contributed by atoms with Crippen LogP contribution in [0.3, 0.4) is 0 Å². The van der Waals surface area contributed by atoms with Crippen molar-refractivity contribution in [3.8, 4) is 22.9 Å². The maximum absolute atomic E-state index is 11.8. The van der Waals surface area contributed by atoms with Gasteiger partial charge in [0.2, 0.25) is 0 Å². The SMILES string of the molecule is COc1ccc(-c2ncc(C(=O)O)c(N3CCN(c4ccccc4OC)CC3)n2)cc1. The molecule has 0 atom stereocenters. The van der Waals surface area contributed by atoms with E-state index in [4.69, 9.17) is 9.47 Å². The molecule has 3 aromatic rings. The van der Waals surface area contributed by atoms with E-state index in [1.54, 1.807) is 14.2 Å². The monoisotopic (exact) mass is 420 g/mol. The molecule has 2 heterocycles. The molecule has 0 radical (unpaired) electrons. The first kappa shape index (κ1) is 20.5. The van der Waals surface area contributed by atoms with Crippen LogP contribution in [0.1, 0.15) is 10.4 Å². The van der Waals surface area contributed by atoms with Gasteiger partial charge in [0.15, 0.2) is 5.82 Å². The number of piperazine rings is 1. The Hall–Kier alpha value is -3.81. The van der Waals surface area contributed by atoms with Crippen LogP contribution in [0.5, 0.6) is 11.5 Å². The molecule has 1 aliphatic rings. The third-order valence-corrected chi connectivity index (χ3v) is 5.35. The molecule has 0 aliphatic carbocycles. The molecule has 0 unspecified atom stereocenters. The number of hydrogen-bond donors (Lipinski definition) is 1. The average Bonchev–Trinajstić information content (AvgIpc) is 2.83. The van der Waals surface area contributed by atoms with E-state index in [0.717, 1.165) is 35.8 Å². The molecule has 1 fully saturated rings. The first-order valence-electron chi connectivity index (χ1n) is 9.98. The largest absolute Gasteiger partial charge is 0.497 e. The second-order valence-corrected chi connectivity index (χ2v) is 7.11. The third kappa shape index (κ3) is 4.23. The Morgan fingerprint density at radius 1 is 0.935 bits per heavy atom. The minimum atomic E-state index is -1.04. The number of para-hydroxylation sites is 2. The van der Waals surface area contributed by atoms with Crippen LogP contribution in [0.15, 0.2) is 54.7 Å². The van der Waals surface area contributed by atoms with E-state index in [2.05, 4.69) is 14.9 Å². The number of benzene rings is 2. The molecule has 8 heteroatoms. The number of carboxylic acids is 1. The van der Waals surface area contributed by atoms with Crippen LogP contribution in [-0.4, -0.2) is 61.4 Å². The number of ether oxygens (including phenoxy) is 2. The molecular formula is C23H24N4O4. The summed E-state index contributed by atoms with van der Waals surface area (Å²) < 4.78 is 10.7. The summed E-state index contributed by atoms with van der Waals surface area (Å²) in [5.41, 5.74) is 1.93. The van der Waals surface area contributed by atoms with Crippen molar-refractivity contribution in [1.82, 2.24) is 9.97 Å². The fourth-order valence-electron chi connectivity index (χ4n) is 3.69. The van der Waals surface area contributed by atoms with Crippen molar-refractivity contribution in [3.05, 3.63) is 60.3 Å². The van der Waals surface area contributed by atoms with Crippen molar-refractivity contribution in [2.24, 2.45) is 0 Å². The van der Waals surface area contributed by atoms with Crippen LogP contribution in [0.4, 0.5) is 11.5 Å². The van der Waals surface area contributed by atoms with Gasteiger partial charge in [0.1, 0.15) is 22.9 Å². The van der Waals surface area contributed by atoms with Crippen LogP contribution >= 0.6 is 0 Å². The molecular weight excluding hydrogens is 396 g/mol. The first-order chi connectivity index (χ1) is 15.1. The fraction of sp³-hybridized carbons (Fsp3) is 0.261. The van der Waals surface area contributed by atoms with E-state index in [1.807, 2.05) is 53.4 Å². The van der Waals surface area contributed by atoms with E-state index in [9.17, 15) is 9.90 Å². The van der Waals surface area contributed by atoms with Gasteiger partial charge in [-0.3, -0.25) is 0 Å². The molecule has 1 N–H and O–H groups in total. The quantitative estimate of drug-likeness (QED) is 0.651. The zero-order chi connectivity index (χ0) is 21.8. The summed E-state index contributed by atoms with van der Waals surface area (Å²) in [6, 6.07) is 15.3. The van der Waals surface area contributed by atoms with E-state index in [-0.39, 0.29) is 5.56 Å². The Kier molecular flexibility index (Phi) is 5.88. The van der Waals surface area contributed by atoms with Crippen molar-refractivity contribution in [1.29, 1.82) is 0 Å². The number of rotatable bonds is 6. The highest BCUT2D eigenvalue weighted by Gasteiger charge is 2.25. The van der Waals surface area contributed by atoms with Gasteiger partial charge in [-0.1, -0.05) is 12.1 Å². The van der Waals surface area contributed by atoms with Gasteiger partial charge in [0, 0.05) is 37.9 Å². The molecule has 1 aromatic heterocycles. The standard InChI is InChI=1S/C23H24N4O4/c1-30-17-9-7-16(8-10-17)21-24-15-18(23(28)29)22(25-21)27-13-11-26(12-14-27)19-5-3-4-6-20(19)31-2/h3-10,15H,11-14H2,1-2H3,(H,28,29). The normalized spacial score (nSPS) is 13.7. The lowest BCUT2D eigenvalue weighted by molar-refractivity contribution is 0.0696. The van der Waals surface area contributed by atoms with E-state index >= 15 is 0 Å². The molecule has 0 spiro atoms. The maximum Gasteiger partial charge on any atom is 0.341 e. The zero-order valence-electron chi connectivity index (χ0n) is 17.5. The lowest BCUT2D eigenvalue weighted by Gasteiger charge is -2.37. The van der Waals surface area contributed by atoms with Gasteiger partial charge >= 0.3 is 5.97 Å². The molecule has 31 heavy (non-hydrogen) atoms. The van der Waals surface area contributed by atoms with Gasteiger partial charge in [-0.15, -0.1) is 0 Å². The summed E-state index contributed by atoms with van der Waals surface area (Å²) in [5.74, 6) is 1.44. The van der Waals surface area contributed by atoms with Gasteiger partial charge in [-0.25, -0.2) is 14.8 Å². The summed E-state index contributed by atoms with van der Waals surface area (Å²) >= 11 is 0. The zero-order valence-corrected chi connectivity index (χ0v) is 17.5. The Balaban J connectivity index is 1.59. The van der Waals surface area contributed by atoms with E-state index < -0.39 is 5.97 Å². The topological polar surface area (TPSA) is 88.0 Å². The number of aromatic nitrogens is 2. The van der Waals surface area contributed by atoms with Crippen molar-refractivity contribution in [3.63, 3.8) is 0 Å². The number of anilines is 2. The summed E-state index contributed by atoms with van der Waals surface area (Å²) in [4.78, 5) is 25.0. The molecule has 4 rings (SSSR count). The van der Waals surface area contributed by atoms with Crippen LogP contribution in [0.25, 0.3) is 11.4 Å². The minimum Gasteiger partial charge on any atom is -0.497 e. The number of carbonyl (C=O) groups is 1. The van der Waals surface area contributed by atoms with Crippen LogP contribution in [0.2, 0.25) is 0 Å². The lowest BCUT2D eigenvalue weighted by atomic mass is 10.2. The van der Waals surface area contributed by atoms with Crippen molar-refractivity contribution < 1.29 is 19.4 Å². The van der Waals surface area contributed by atoms with Crippen LogP contribution < -0.4 is 19.3 Å². The number of carboxylic acid groups (broad SMARTS) is 1. The Morgan fingerprint density at radius 2 is 1.61 bits per heavy atom. The number of methoxy groups -OCH3 is 2.